The molecule has 1 N–H and O–H groups in total. The Kier molecular flexibility index (Phi) is 6.95. The average molecular weight is 411 g/mol. The zero-order valence-electron chi connectivity index (χ0n) is 18.3. The van der Waals surface area contributed by atoms with Crippen molar-refractivity contribution >= 4 is 11.7 Å². The number of methoxy groups -OCH3 is 1. The maximum absolute atomic E-state index is 12.5. The summed E-state index contributed by atoms with van der Waals surface area (Å²) in [6, 6.07) is 13.5. The molecule has 3 rings (SSSR count). The molecule has 0 radical (unpaired) electrons. The molecule has 2 aromatic rings. The van der Waals surface area contributed by atoms with Crippen LogP contribution in [0.3, 0.4) is 0 Å². The second kappa shape index (κ2) is 9.63. The third-order valence-corrected chi connectivity index (χ3v) is 5.07. The monoisotopic (exact) mass is 410 g/mol. The van der Waals surface area contributed by atoms with Crippen molar-refractivity contribution < 1.29 is 14.3 Å². The number of nitrogens with zero attached hydrogens (tertiary/aromatic N) is 3. The van der Waals surface area contributed by atoms with E-state index in [1.807, 2.05) is 63.5 Å². The normalized spacial score (nSPS) is 15.9. The van der Waals surface area contributed by atoms with Crippen LogP contribution >= 0.6 is 0 Å². The Morgan fingerprint density at radius 1 is 1.20 bits per heavy atom. The molecular weight excluding hydrogens is 380 g/mol. The second-order valence-corrected chi connectivity index (χ2v) is 7.60. The van der Waals surface area contributed by atoms with E-state index in [0.717, 1.165) is 40.4 Å². The van der Waals surface area contributed by atoms with Gasteiger partial charge in [0.25, 0.3) is 0 Å². The first kappa shape index (κ1) is 21.6. The number of carbonyl (C=O) groups excluding carboxylic acids is 1. The van der Waals surface area contributed by atoms with Crippen LogP contribution < -0.4 is 14.8 Å². The average Bonchev–Trinajstić information content (AvgIpc) is 2.89. The van der Waals surface area contributed by atoms with Crippen molar-refractivity contribution in [2.24, 2.45) is 5.10 Å². The van der Waals surface area contributed by atoms with Crippen molar-refractivity contribution in [2.45, 2.75) is 19.4 Å². The number of likely N-dealkylation sites (N-methyl/N-ethyl adjacent to an activating group) is 1. The van der Waals surface area contributed by atoms with Crippen LogP contribution in [0.2, 0.25) is 0 Å². The van der Waals surface area contributed by atoms with E-state index < -0.39 is 0 Å². The lowest BCUT2D eigenvalue weighted by Gasteiger charge is -2.22. The van der Waals surface area contributed by atoms with Crippen LogP contribution in [0.4, 0.5) is 4.79 Å². The van der Waals surface area contributed by atoms with Gasteiger partial charge in [0.2, 0.25) is 0 Å². The number of hydrazone groups is 1. The highest BCUT2D eigenvalue weighted by Gasteiger charge is 2.27. The highest BCUT2D eigenvalue weighted by atomic mass is 16.5. The largest absolute Gasteiger partial charge is 0.497 e. The van der Waals surface area contributed by atoms with Gasteiger partial charge in [0.1, 0.15) is 18.1 Å². The van der Waals surface area contributed by atoms with Gasteiger partial charge in [0, 0.05) is 24.7 Å². The number of hydrogen-bond donors (Lipinski definition) is 1. The highest BCUT2D eigenvalue weighted by molar-refractivity contribution is 6.14. The zero-order chi connectivity index (χ0) is 21.7. The van der Waals surface area contributed by atoms with Gasteiger partial charge in [-0.3, -0.25) is 0 Å². The van der Waals surface area contributed by atoms with Gasteiger partial charge in [0.15, 0.2) is 0 Å². The molecule has 30 heavy (non-hydrogen) atoms. The minimum absolute atomic E-state index is 0.0803. The molecule has 7 heteroatoms. The maximum Gasteiger partial charge on any atom is 0.337 e. The lowest BCUT2D eigenvalue weighted by atomic mass is 9.94. The Labute approximate surface area is 178 Å². The molecule has 0 saturated heterocycles. The Balaban J connectivity index is 1.99. The minimum atomic E-state index is -0.233. The molecule has 7 nitrogen and oxygen atoms in total. The summed E-state index contributed by atoms with van der Waals surface area (Å²) in [7, 11) is 7.29. The Morgan fingerprint density at radius 2 is 1.90 bits per heavy atom. The Hall–Kier alpha value is -3.06. The molecule has 0 aliphatic carbocycles. The summed E-state index contributed by atoms with van der Waals surface area (Å²) in [4.78, 5) is 14.5. The molecule has 1 unspecified atom stereocenters. The first-order valence-corrected chi connectivity index (χ1v) is 10.1. The molecule has 160 valence electrons. The van der Waals surface area contributed by atoms with Gasteiger partial charge >= 0.3 is 6.03 Å². The number of carbonyl (C=O) groups is 1. The van der Waals surface area contributed by atoms with E-state index in [-0.39, 0.29) is 12.1 Å². The predicted octanol–water partition coefficient (Wildman–Crippen LogP) is 2.97. The summed E-state index contributed by atoms with van der Waals surface area (Å²) in [5, 5.41) is 8.97. The molecule has 0 spiro atoms. The van der Waals surface area contributed by atoms with Crippen molar-refractivity contribution in [3.05, 3.63) is 59.2 Å². The van der Waals surface area contributed by atoms with Gasteiger partial charge in [-0.05, 0) is 69.4 Å². The smallest absolute Gasteiger partial charge is 0.337 e. The summed E-state index contributed by atoms with van der Waals surface area (Å²) in [5.74, 6) is 1.56. The van der Waals surface area contributed by atoms with Gasteiger partial charge in [-0.15, -0.1) is 0 Å². The van der Waals surface area contributed by atoms with Crippen LogP contribution in [-0.4, -0.2) is 69.1 Å². The molecular formula is C23H30N4O3. The third-order valence-electron chi connectivity index (χ3n) is 5.07. The third kappa shape index (κ3) is 4.91. The zero-order valence-corrected chi connectivity index (χ0v) is 18.3. The number of amides is 2. The van der Waals surface area contributed by atoms with Crippen LogP contribution in [-0.2, 0) is 6.42 Å². The quantitative estimate of drug-likeness (QED) is 0.795. The summed E-state index contributed by atoms with van der Waals surface area (Å²) in [6.07, 6.45) is 0.700. The van der Waals surface area contributed by atoms with Crippen LogP contribution in [0, 0.1) is 0 Å². The number of rotatable bonds is 6. The number of fused-ring (bicyclic) bond motifs is 1. The van der Waals surface area contributed by atoms with Crippen molar-refractivity contribution in [3.63, 3.8) is 0 Å². The predicted molar refractivity (Wildman–Crippen MR) is 119 cm³/mol. The van der Waals surface area contributed by atoms with Gasteiger partial charge in [-0.1, -0.05) is 6.07 Å². The molecule has 1 aliphatic heterocycles. The first-order valence-electron chi connectivity index (χ1n) is 10.1. The van der Waals surface area contributed by atoms with Crippen molar-refractivity contribution in [3.8, 4) is 11.5 Å². The number of hydrogen-bond acceptors (Lipinski definition) is 5. The van der Waals surface area contributed by atoms with E-state index in [1.54, 1.807) is 14.2 Å². The van der Waals surface area contributed by atoms with E-state index in [9.17, 15) is 4.79 Å². The van der Waals surface area contributed by atoms with E-state index in [0.29, 0.717) is 13.0 Å². The summed E-state index contributed by atoms with van der Waals surface area (Å²) in [5.41, 5.74) is 3.73. The topological polar surface area (TPSA) is 66.4 Å². The van der Waals surface area contributed by atoms with Gasteiger partial charge < -0.3 is 19.7 Å². The second-order valence-electron chi connectivity index (χ2n) is 7.60. The molecule has 0 aromatic heterocycles. The fourth-order valence-corrected chi connectivity index (χ4v) is 3.37. The van der Waals surface area contributed by atoms with Crippen molar-refractivity contribution in [1.82, 2.24) is 15.2 Å². The van der Waals surface area contributed by atoms with Crippen LogP contribution in [0.25, 0.3) is 0 Å². The summed E-state index contributed by atoms with van der Waals surface area (Å²) in [6.45, 7) is 3.47. The molecule has 0 saturated carbocycles. The van der Waals surface area contributed by atoms with E-state index in [1.165, 1.54) is 5.01 Å². The van der Waals surface area contributed by atoms with E-state index in [4.69, 9.17) is 14.6 Å². The molecule has 2 aromatic carbocycles. The Bertz CT molecular complexity index is 909. The highest BCUT2D eigenvalue weighted by Crippen LogP contribution is 2.28. The van der Waals surface area contributed by atoms with Gasteiger partial charge in [0.05, 0.1) is 18.9 Å². The number of benzene rings is 2. The number of nitrogens with one attached hydrogen (secondary N) is 1. The Morgan fingerprint density at radius 3 is 2.53 bits per heavy atom. The maximum atomic E-state index is 12.5. The van der Waals surface area contributed by atoms with Crippen molar-refractivity contribution in [1.29, 1.82) is 0 Å². The molecule has 0 bridgehead atoms. The number of ether oxygens (including phenoxy) is 2. The standard InChI is InChI=1S/C23H30N4O3/c1-16-14-18-8-11-20(29-5)15-21(18)22(25-27(16)23(28)24-2)17-6-9-19(10-7-17)30-13-12-26(3)4/h6-11,15-16H,12-14H2,1-5H3,(H,24,28). The van der Waals surface area contributed by atoms with Crippen LogP contribution in [0.1, 0.15) is 23.6 Å². The summed E-state index contributed by atoms with van der Waals surface area (Å²) >= 11 is 0. The fraction of sp³-hybridized carbons (Fsp3) is 0.391. The van der Waals surface area contributed by atoms with E-state index in [2.05, 4.69) is 10.2 Å². The van der Waals surface area contributed by atoms with E-state index >= 15 is 0 Å². The number of urea groups is 1. The lowest BCUT2D eigenvalue weighted by molar-refractivity contribution is 0.184. The fourth-order valence-electron chi connectivity index (χ4n) is 3.37. The minimum Gasteiger partial charge on any atom is -0.497 e. The van der Waals surface area contributed by atoms with Gasteiger partial charge in [-0.25, -0.2) is 9.80 Å². The van der Waals surface area contributed by atoms with Crippen LogP contribution in [0.5, 0.6) is 11.5 Å². The molecule has 2 amide bonds. The molecule has 1 heterocycles. The SMILES string of the molecule is CNC(=O)N1N=C(c2ccc(OCCN(C)C)cc2)c2cc(OC)ccc2CC1C. The molecule has 0 fully saturated rings. The first-order chi connectivity index (χ1) is 14.4. The van der Waals surface area contributed by atoms with Gasteiger partial charge in [-0.2, -0.15) is 5.10 Å². The van der Waals surface area contributed by atoms with Crippen molar-refractivity contribution in [2.75, 3.05) is 41.4 Å². The molecule has 1 atom stereocenters. The molecule has 1 aliphatic rings. The summed E-state index contributed by atoms with van der Waals surface area (Å²) < 4.78 is 11.2. The lowest BCUT2D eigenvalue weighted by Crippen LogP contribution is -2.41. The van der Waals surface area contributed by atoms with Crippen LogP contribution in [0.15, 0.2) is 47.6 Å².